The summed E-state index contributed by atoms with van der Waals surface area (Å²) in [5.41, 5.74) is -0.917. The van der Waals surface area contributed by atoms with Crippen molar-refractivity contribution in [3.05, 3.63) is 0 Å². The first kappa shape index (κ1) is 13.6. The molecule has 102 valence electrons. The van der Waals surface area contributed by atoms with E-state index >= 15 is 0 Å². The average molecular weight is 252 g/mol. The lowest BCUT2D eigenvalue weighted by atomic mass is 9.69. The highest BCUT2D eigenvalue weighted by atomic mass is 16.5. The van der Waals surface area contributed by atoms with Crippen LogP contribution in [0, 0.1) is 22.2 Å². The van der Waals surface area contributed by atoms with Crippen LogP contribution in [0.25, 0.3) is 0 Å². The quantitative estimate of drug-likeness (QED) is 0.710. The van der Waals surface area contributed by atoms with Crippen LogP contribution in [0.15, 0.2) is 0 Å². The van der Waals surface area contributed by atoms with Gasteiger partial charge < -0.3 is 4.74 Å². The monoisotopic (exact) mass is 252 g/mol. The molecule has 0 aromatic carbocycles. The molecule has 0 aromatic rings. The standard InChI is InChI=1S/C15H24O3/c1-13(2,3)12(17)18-9-15(5)10-6-7-14(15,4)11(16)8-10/h10H,6-9H2,1-5H3. The van der Waals surface area contributed by atoms with E-state index < -0.39 is 5.41 Å². The number of ketones is 1. The summed E-state index contributed by atoms with van der Waals surface area (Å²) in [5.74, 6) is 0.571. The van der Waals surface area contributed by atoms with Gasteiger partial charge in [0, 0.05) is 17.3 Å². The maximum atomic E-state index is 12.1. The SMILES string of the molecule is CC(C)(C)C(=O)OCC1(C)C2CCC1(C)C(=O)C2. The van der Waals surface area contributed by atoms with E-state index in [9.17, 15) is 9.59 Å². The summed E-state index contributed by atoms with van der Waals surface area (Å²) in [5, 5.41) is 0. The van der Waals surface area contributed by atoms with Gasteiger partial charge in [0.15, 0.2) is 0 Å². The molecule has 0 radical (unpaired) electrons. The van der Waals surface area contributed by atoms with Crippen molar-refractivity contribution in [3.8, 4) is 0 Å². The minimum absolute atomic E-state index is 0.162. The summed E-state index contributed by atoms with van der Waals surface area (Å²) < 4.78 is 5.50. The minimum atomic E-state index is -0.473. The van der Waals surface area contributed by atoms with Crippen LogP contribution in [0.4, 0.5) is 0 Å². The largest absolute Gasteiger partial charge is 0.465 e. The zero-order chi connectivity index (χ0) is 13.8. The third-order valence-corrected chi connectivity index (χ3v) is 5.32. The molecule has 3 heteroatoms. The van der Waals surface area contributed by atoms with Crippen molar-refractivity contribution in [2.75, 3.05) is 6.61 Å². The van der Waals surface area contributed by atoms with Gasteiger partial charge in [-0.15, -0.1) is 0 Å². The second-order valence-corrected chi connectivity index (χ2v) is 7.44. The van der Waals surface area contributed by atoms with E-state index in [0.29, 0.717) is 24.7 Å². The van der Waals surface area contributed by atoms with Gasteiger partial charge in [-0.2, -0.15) is 0 Å². The van der Waals surface area contributed by atoms with Crippen molar-refractivity contribution in [2.24, 2.45) is 22.2 Å². The van der Waals surface area contributed by atoms with Gasteiger partial charge in [0.05, 0.1) is 12.0 Å². The first-order chi connectivity index (χ1) is 8.11. The van der Waals surface area contributed by atoms with E-state index in [0.717, 1.165) is 12.8 Å². The zero-order valence-electron chi connectivity index (χ0n) is 12.1. The Morgan fingerprint density at radius 3 is 2.39 bits per heavy atom. The zero-order valence-corrected chi connectivity index (χ0v) is 12.1. The van der Waals surface area contributed by atoms with Gasteiger partial charge in [-0.25, -0.2) is 0 Å². The molecule has 2 fully saturated rings. The Hall–Kier alpha value is -0.860. The molecule has 2 aliphatic rings. The van der Waals surface area contributed by atoms with Crippen LogP contribution in [0.1, 0.15) is 53.9 Å². The lowest BCUT2D eigenvalue weighted by molar-refractivity contribution is -0.159. The Morgan fingerprint density at radius 1 is 1.39 bits per heavy atom. The van der Waals surface area contributed by atoms with E-state index in [1.165, 1.54) is 0 Å². The van der Waals surface area contributed by atoms with Crippen molar-refractivity contribution < 1.29 is 14.3 Å². The average Bonchev–Trinajstić information content (AvgIpc) is 2.60. The third kappa shape index (κ3) is 1.70. The Morgan fingerprint density at radius 2 is 2.00 bits per heavy atom. The molecule has 2 saturated carbocycles. The van der Waals surface area contributed by atoms with E-state index in [-0.39, 0.29) is 16.8 Å². The molecule has 0 aliphatic heterocycles. The van der Waals surface area contributed by atoms with Gasteiger partial charge in [0.1, 0.15) is 5.78 Å². The van der Waals surface area contributed by atoms with E-state index in [4.69, 9.17) is 4.74 Å². The highest BCUT2D eigenvalue weighted by molar-refractivity contribution is 5.89. The molecule has 0 heterocycles. The number of Topliss-reactive ketones (excluding diaryl/α,β-unsaturated/α-hetero) is 1. The molecular formula is C15H24O3. The Bertz CT molecular complexity index is 393. The molecule has 2 aliphatic carbocycles. The van der Waals surface area contributed by atoms with E-state index in [2.05, 4.69) is 6.92 Å². The molecular weight excluding hydrogens is 228 g/mol. The highest BCUT2D eigenvalue weighted by Gasteiger charge is 2.64. The van der Waals surface area contributed by atoms with Crippen molar-refractivity contribution in [2.45, 2.75) is 53.9 Å². The molecule has 0 N–H and O–H groups in total. The van der Waals surface area contributed by atoms with Crippen LogP contribution in [-0.2, 0) is 14.3 Å². The van der Waals surface area contributed by atoms with Gasteiger partial charge in [-0.1, -0.05) is 13.8 Å². The normalized spacial score (nSPS) is 39.2. The molecule has 3 nitrogen and oxygen atoms in total. The summed E-state index contributed by atoms with van der Waals surface area (Å²) in [6.45, 7) is 10.1. The van der Waals surface area contributed by atoms with Crippen molar-refractivity contribution in [1.29, 1.82) is 0 Å². The van der Waals surface area contributed by atoms with E-state index in [1.807, 2.05) is 27.7 Å². The molecule has 0 amide bonds. The molecule has 2 rings (SSSR count). The third-order valence-electron chi connectivity index (χ3n) is 5.32. The highest BCUT2D eigenvalue weighted by Crippen LogP contribution is 2.63. The summed E-state index contributed by atoms with van der Waals surface area (Å²) in [7, 11) is 0. The van der Waals surface area contributed by atoms with Gasteiger partial charge in [-0.3, -0.25) is 9.59 Å². The van der Waals surface area contributed by atoms with Gasteiger partial charge in [0.25, 0.3) is 0 Å². The van der Waals surface area contributed by atoms with Crippen LogP contribution >= 0.6 is 0 Å². The Labute approximate surface area is 109 Å². The number of fused-ring (bicyclic) bond motifs is 2. The first-order valence-corrected chi connectivity index (χ1v) is 6.82. The number of ether oxygens (including phenoxy) is 1. The summed E-state index contributed by atoms with van der Waals surface area (Å²) in [6.07, 6.45) is 2.70. The second-order valence-electron chi connectivity index (χ2n) is 7.44. The topological polar surface area (TPSA) is 43.4 Å². The maximum Gasteiger partial charge on any atom is 0.311 e. The lowest BCUT2D eigenvalue weighted by Crippen LogP contribution is -2.40. The number of rotatable bonds is 2. The van der Waals surface area contributed by atoms with Crippen molar-refractivity contribution in [1.82, 2.24) is 0 Å². The molecule has 18 heavy (non-hydrogen) atoms. The lowest BCUT2D eigenvalue weighted by Gasteiger charge is -2.36. The number of hydrogen-bond acceptors (Lipinski definition) is 3. The molecule has 0 spiro atoms. The van der Waals surface area contributed by atoms with Crippen molar-refractivity contribution in [3.63, 3.8) is 0 Å². The predicted octanol–water partition coefficient (Wildman–Crippen LogP) is 2.97. The van der Waals surface area contributed by atoms with Gasteiger partial charge >= 0.3 is 5.97 Å². The Kier molecular flexibility index (Phi) is 2.88. The summed E-state index contributed by atoms with van der Waals surface area (Å²) >= 11 is 0. The predicted molar refractivity (Wildman–Crippen MR) is 69.0 cm³/mol. The maximum absolute atomic E-state index is 12.1. The second kappa shape index (κ2) is 3.82. The molecule has 0 saturated heterocycles. The van der Waals surface area contributed by atoms with Crippen LogP contribution in [0.2, 0.25) is 0 Å². The van der Waals surface area contributed by atoms with Gasteiger partial charge in [-0.05, 0) is 39.5 Å². The summed E-state index contributed by atoms with van der Waals surface area (Å²) in [6, 6.07) is 0. The fraction of sp³-hybridized carbons (Fsp3) is 0.867. The molecule has 2 bridgehead atoms. The van der Waals surface area contributed by atoms with Crippen LogP contribution in [0.5, 0.6) is 0 Å². The Balaban J connectivity index is 2.10. The van der Waals surface area contributed by atoms with Crippen LogP contribution < -0.4 is 0 Å². The molecule has 0 aromatic heterocycles. The minimum Gasteiger partial charge on any atom is -0.465 e. The van der Waals surface area contributed by atoms with E-state index in [1.54, 1.807) is 0 Å². The molecule has 3 atom stereocenters. The van der Waals surface area contributed by atoms with Crippen LogP contribution in [-0.4, -0.2) is 18.4 Å². The first-order valence-electron chi connectivity index (χ1n) is 6.82. The fourth-order valence-corrected chi connectivity index (χ4v) is 3.46. The number of hydrogen-bond donors (Lipinski definition) is 0. The smallest absolute Gasteiger partial charge is 0.311 e. The van der Waals surface area contributed by atoms with Gasteiger partial charge in [0.2, 0.25) is 0 Å². The fourth-order valence-electron chi connectivity index (χ4n) is 3.46. The summed E-state index contributed by atoms with van der Waals surface area (Å²) in [4.78, 5) is 24.0. The van der Waals surface area contributed by atoms with Crippen LogP contribution in [0.3, 0.4) is 0 Å². The number of carbonyl (C=O) groups is 2. The number of esters is 1. The van der Waals surface area contributed by atoms with Crippen molar-refractivity contribution >= 4 is 11.8 Å². The number of carbonyl (C=O) groups excluding carboxylic acids is 2. The molecule has 3 unspecified atom stereocenters.